The predicted octanol–water partition coefficient (Wildman–Crippen LogP) is 2.36. The van der Waals surface area contributed by atoms with E-state index in [1.165, 1.54) is 0 Å². The largest absolute Gasteiger partial charge is 0.332 e. The van der Waals surface area contributed by atoms with Crippen molar-refractivity contribution in [2.75, 3.05) is 13.1 Å². The molecule has 2 aromatic heterocycles. The van der Waals surface area contributed by atoms with Crippen LogP contribution in [0.1, 0.15) is 35.7 Å². The lowest BCUT2D eigenvalue weighted by Crippen LogP contribution is -2.57. The molecule has 1 N–H and O–H groups in total. The first-order valence-corrected chi connectivity index (χ1v) is 8.51. The molecule has 2 atom stereocenters. The zero-order valence-corrected chi connectivity index (χ0v) is 15.1. The van der Waals surface area contributed by atoms with Crippen LogP contribution in [-0.2, 0) is 0 Å². The van der Waals surface area contributed by atoms with Crippen molar-refractivity contribution in [2.45, 2.75) is 39.8 Å². The number of nitrogens with zero attached hydrogens (tertiary/aromatic N) is 4. The Labute approximate surface area is 146 Å². The van der Waals surface area contributed by atoms with E-state index in [0.29, 0.717) is 17.4 Å². The van der Waals surface area contributed by atoms with Crippen LogP contribution < -0.4 is 5.32 Å². The summed E-state index contributed by atoms with van der Waals surface area (Å²) in [5, 5.41) is 8.16. The lowest BCUT2D eigenvalue weighted by atomic mass is 10.1. The number of pyridine rings is 1. The van der Waals surface area contributed by atoms with Crippen LogP contribution in [0, 0.1) is 13.8 Å². The number of nitrogens with one attached hydrogen (secondary N) is 1. The van der Waals surface area contributed by atoms with Crippen LogP contribution >= 0.6 is 11.6 Å². The maximum absolute atomic E-state index is 13.0. The molecule has 6 nitrogen and oxygen atoms in total. The summed E-state index contributed by atoms with van der Waals surface area (Å²) in [5.41, 5.74) is 2.15. The molecule has 3 rings (SSSR count). The highest BCUT2D eigenvalue weighted by Crippen LogP contribution is 2.21. The molecule has 2 unspecified atom stereocenters. The van der Waals surface area contributed by atoms with Crippen LogP contribution in [0.5, 0.6) is 0 Å². The second kappa shape index (κ2) is 6.53. The third kappa shape index (κ3) is 3.03. The van der Waals surface area contributed by atoms with Gasteiger partial charge in [0.15, 0.2) is 5.82 Å². The molecule has 1 aliphatic heterocycles. The second-order valence-electron chi connectivity index (χ2n) is 6.32. The van der Waals surface area contributed by atoms with Gasteiger partial charge in [-0.3, -0.25) is 4.79 Å². The summed E-state index contributed by atoms with van der Waals surface area (Å²) in [6.45, 7) is 9.41. The van der Waals surface area contributed by atoms with Gasteiger partial charge in [0.05, 0.1) is 10.7 Å². The van der Waals surface area contributed by atoms with Crippen molar-refractivity contribution in [3.8, 4) is 5.82 Å². The molecule has 0 bridgehead atoms. The van der Waals surface area contributed by atoms with Gasteiger partial charge in [-0.1, -0.05) is 11.6 Å². The van der Waals surface area contributed by atoms with Crippen molar-refractivity contribution in [3.63, 3.8) is 0 Å². The Morgan fingerprint density at radius 3 is 2.75 bits per heavy atom. The number of rotatable bonds is 2. The van der Waals surface area contributed by atoms with Gasteiger partial charge in [-0.15, -0.1) is 0 Å². The standard InChI is InChI=1S/C17H22ClN5O/c1-10-9-11(2)23(21-10)15-6-5-14(18)16(20-15)17(24)22-8-7-19-12(3)13(22)4/h5-6,9,12-13,19H,7-8H2,1-4H3. The van der Waals surface area contributed by atoms with Gasteiger partial charge in [0, 0.05) is 30.9 Å². The number of aromatic nitrogens is 3. The second-order valence-corrected chi connectivity index (χ2v) is 6.73. The number of piperazine rings is 1. The first kappa shape index (κ1) is 16.9. The van der Waals surface area contributed by atoms with E-state index < -0.39 is 0 Å². The van der Waals surface area contributed by atoms with E-state index in [4.69, 9.17) is 11.6 Å². The van der Waals surface area contributed by atoms with Gasteiger partial charge in [-0.25, -0.2) is 9.67 Å². The van der Waals surface area contributed by atoms with Crippen LogP contribution in [0.15, 0.2) is 18.2 Å². The number of carbonyl (C=O) groups is 1. The normalized spacial score (nSPS) is 21.1. The van der Waals surface area contributed by atoms with Crippen LogP contribution in [0.3, 0.4) is 0 Å². The van der Waals surface area contributed by atoms with Gasteiger partial charge in [0.1, 0.15) is 5.69 Å². The fourth-order valence-electron chi connectivity index (χ4n) is 3.04. The minimum Gasteiger partial charge on any atom is -0.332 e. The molecule has 0 spiro atoms. The molecule has 1 amide bonds. The van der Waals surface area contributed by atoms with Crippen molar-refractivity contribution >= 4 is 17.5 Å². The average molecular weight is 348 g/mol. The molecular formula is C17H22ClN5O. The van der Waals surface area contributed by atoms with Crippen LogP contribution in [0.4, 0.5) is 0 Å². The smallest absolute Gasteiger partial charge is 0.274 e. The monoisotopic (exact) mass is 347 g/mol. The first-order chi connectivity index (χ1) is 11.4. The Balaban J connectivity index is 1.97. The summed E-state index contributed by atoms with van der Waals surface area (Å²) < 4.78 is 1.73. The zero-order valence-electron chi connectivity index (χ0n) is 14.4. The van der Waals surface area contributed by atoms with E-state index in [2.05, 4.69) is 22.3 Å². The summed E-state index contributed by atoms with van der Waals surface area (Å²) in [4.78, 5) is 19.3. The molecular weight excluding hydrogens is 326 g/mol. The highest BCUT2D eigenvalue weighted by atomic mass is 35.5. The van der Waals surface area contributed by atoms with Gasteiger partial charge >= 0.3 is 0 Å². The van der Waals surface area contributed by atoms with E-state index in [9.17, 15) is 4.79 Å². The molecule has 1 saturated heterocycles. The molecule has 3 heterocycles. The third-order valence-electron chi connectivity index (χ3n) is 4.56. The topological polar surface area (TPSA) is 63.1 Å². The van der Waals surface area contributed by atoms with E-state index in [1.54, 1.807) is 16.8 Å². The predicted molar refractivity (Wildman–Crippen MR) is 93.8 cm³/mol. The van der Waals surface area contributed by atoms with Crippen molar-refractivity contribution in [1.82, 2.24) is 25.0 Å². The highest BCUT2D eigenvalue weighted by Gasteiger charge is 2.30. The van der Waals surface area contributed by atoms with Crippen molar-refractivity contribution in [3.05, 3.63) is 40.3 Å². The Morgan fingerprint density at radius 2 is 2.08 bits per heavy atom. The Bertz CT molecular complexity index is 772. The highest BCUT2D eigenvalue weighted by molar-refractivity contribution is 6.33. The number of aryl methyl sites for hydroxylation is 2. The third-order valence-corrected chi connectivity index (χ3v) is 4.86. The molecule has 128 valence electrons. The van der Waals surface area contributed by atoms with Crippen molar-refractivity contribution < 1.29 is 4.79 Å². The van der Waals surface area contributed by atoms with Crippen molar-refractivity contribution in [2.24, 2.45) is 0 Å². The molecule has 7 heteroatoms. The minimum absolute atomic E-state index is 0.0847. The lowest BCUT2D eigenvalue weighted by Gasteiger charge is -2.38. The van der Waals surface area contributed by atoms with Gasteiger partial charge in [-0.2, -0.15) is 5.10 Å². The van der Waals surface area contributed by atoms with E-state index in [0.717, 1.165) is 17.9 Å². The summed E-state index contributed by atoms with van der Waals surface area (Å²) in [6, 6.07) is 5.78. The number of carbonyl (C=O) groups excluding carboxylic acids is 1. The minimum atomic E-state index is -0.135. The van der Waals surface area contributed by atoms with E-state index in [1.807, 2.05) is 31.7 Å². The molecule has 0 radical (unpaired) electrons. The summed E-state index contributed by atoms with van der Waals surface area (Å²) in [6.07, 6.45) is 0. The molecule has 0 aromatic carbocycles. The summed E-state index contributed by atoms with van der Waals surface area (Å²) >= 11 is 6.27. The Kier molecular flexibility index (Phi) is 4.60. The quantitative estimate of drug-likeness (QED) is 0.905. The Morgan fingerprint density at radius 1 is 1.33 bits per heavy atom. The fraction of sp³-hybridized carbons (Fsp3) is 0.471. The zero-order chi connectivity index (χ0) is 17.4. The van der Waals surface area contributed by atoms with Crippen molar-refractivity contribution in [1.29, 1.82) is 0 Å². The average Bonchev–Trinajstić information content (AvgIpc) is 2.88. The van der Waals surface area contributed by atoms with Crippen LogP contribution in [0.25, 0.3) is 5.82 Å². The molecule has 1 aliphatic rings. The molecule has 1 fully saturated rings. The molecule has 24 heavy (non-hydrogen) atoms. The summed E-state index contributed by atoms with van der Waals surface area (Å²) in [5.74, 6) is 0.466. The van der Waals surface area contributed by atoms with E-state index in [-0.39, 0.29) is 23.7 Å². The van der Waals surface area contributed by atoms with Crippen LogP contribution in [0.2, 0.25) is 5.02 Å². The van der Waals surface area contributed by atoms with Gasteiger partial charge in [0.25, 0.3) is 5.91 Å². The number of hydrogen-bond acceptors (Lipinski definition) is 4. The fourth-order valence-corrected chi connectivity index (χ4v) is 3.23. The lowest BCUT2D eigenvalue weighted by molar-refractivity contribution is 0.0597. The summed E-state index contributed by atoms with van der Waals surface area (Å²) in [7, 11) is 0. The number of halogens is 1. The Hall–Kier alpha value is -1.92. The maximum atomic E-state index is 13.0. The van der Waals surface area contributed by atoms with E-state index >= 15 is 0 Å². The SMILES string of the molecule is Cc1cc(C)n(-c2ccc(Cl)c(C(=O)N3CCNC(C)C3C)n2)n1. The molecule has 0 aliphatic carbocycles. The molecule has 2 aromatic rings. The first-order valence-electron chi connectivity index (χ1n) is 8.13. The van der Waals surface area contributed by atoms with Gasteiger partial charge in [0.2, 0.25) is 0 Å². The van der Waals surface area contributed by atoms with Gasteiger partial charge in [-0.05, 0) is 45.9 Å². The number of hydrogen-bond donors (Lipinski definition) is 1. The molecule has 0 saturated carbocycles. The van der Waals surface area contributed by atoms with Gasteiger partial charge < -0.3 is 10.2 Å². The van der Waals surface area contributed by atoms with Crippen LogP contribution in [-0.4, -0.2) is 50.7 Å². The number of amides is 1. The maximum Gasteiger partial charge on any atom is 0.274 e.